The first-order valence-electron chi connectivity index (χ1n) is 9.31. The van der Waals surface area contributed by atoms with Gasteiger partial charge in [0, 0.05) is 18.4 Å². The van der Waals surface area contributed by atoms with Gasteiger partial charge in [0.2, 0.25) is 0 Å². The zero-order chi connectivity index (χ0) is 15.4. The summed E-state index contributed by atoms with van der Waals surface area (Å²) in [5.41, 5.74) is 4.43. The third-order valence-corrected chi connectivity index (χ3v) is 10.2. The molecule has 0 spiro atoms. The van der Waals surface area contributed by atoms with Crippen LogP contribution in [-0.4, -0.2) is 27.1 Å². The SMILES string of the molecule is CN(I)C1=CCC(P(C2CCCCC2)C2CCCCC2)C=C1. The summed E-state index contributed by atoms with van der Waals surface area (Å²) in [6.07, 6.45) is 24.0. The monoisotopic (exact) mass is 431 g/mol. The normalized spacial score (nSPS) is 28.0. The molecule has 0 aromatic heterocycles. The molecule has 0 bridgehead atoms. The van der Waals surface area contributed by atoms with Crippen molar-refractivity contribution in [3.63, 3.8) is 0 Å². The number of likely N-dealkylation sites (N-methyl/N-ethyl adjacent to an activating group) is 1. The van der Waals surface area contributed by atoms with E-state index in [4.69, 9.17) is 0 Å². The van der Waals surface area contributed by atoms with Gasteiger partial charge in [-0.3, -0.25) is 0 Å². The Bertz CT molecular complexity index is 388. The Hall–Kier alpha value is 0.440. The maximum absolute atomic E-state index is 2.60. The molecule has 1 unspecified atom stereocenters. The smallest absolute Gasteiger partial charge is 0.0588 e. The molecule has 0 aromatic rings. The van der Waals surface area contributed by atoms with E-state index in [1.807, 2.05) is 0 Å². The Balaban J connectivity index is 1.72. The Morgan fingerprint density at radius 1 is 0.955 bits per heavy atom. The van der Waals surface area contributed by atoms with Gasteiger partial charge in [-0.1, -0.05) is 58.6 Å². The van der Waals surface area contributed by atoms with E-state index < -0.39 is 0 Å². The van der Waals surface area contributed by atoms with Gasteiger partial charge in [0.15, 0.2) is 0 Å². The summed E-state index contributed by atoms with van der Waals surface area (Å²) >= 11 is 2.39. The van der Waals surface area contributed by atoms with E-state index in [1.54, 1.807) is 0 Å². The van der Waals surface area contributed by atoms with Crippen LogP contribution in [0, 0.1) is 0 Å². The summed E-state index contributed by atoms with van der Waals surface area (Å²) in [4.78, 5) is 0. The van der Waals surface area contributed by atoms with Crippen molar-refractivity contribution < 1.29 is 0 Å². The van der Waals surface area contributed by atoms with Crippen LogP contribution in [0.4, 0.5) is 0 Å². The summed E-state index contributed by atoms with van der Waals surface area (Å²) in [6, 6.07) is 0. The molecule has 3 heteroatoms. The van der Waals surface area contributed by atoms with Crippen molar-refractivity contribution in [2.75, 3.05) is 7.05 Å². The average Bonchev–Trinajstić information content (AvgIpc) is 2.57. The van der Waals surface area contributed by atoms with E-state index in [0.717, 1.165) is 17.0 Å². The van der Waals surface area contributed by atoms with Crippen LogP contribution < -0.4 is 0 Å². The van der Waals surface area contributed by atoms with Crippen molar-refractivity contribution in [2.24, 2.45) is 0 Å². The molecule has 0 radical (unpaired) electrons. The summed E-state index contributed by atoms with van der Waals surface area (Å²) in [5, 5.41) is 0. The molecule has 1 nitrogen and oxygen atoms in total. The molecule has 22 heavy (non-hydrogen) atoms. The lowest BCUT2D eigenvalue weighted by molar-refractivity contribution is 0.482. The summed E-state index contributed by atoms with van der Waals surface area (Å²) in [6.45, 7) is 0. The second-order valence-corrected chi connectivity index (χ2v) is 11.8. The van der Waals surface area contributed by atoms with Crippen LogP contribution in [0.3, 0.4) is 0 Å². The molecule has 0 saturated heterocycles. The quantitative estimate of drug-likeness (QED) is 0.274. The number of allylic oxidation sites excluding steroid dienone is 3. The highest BCUT2D eigenvalue weighted by Gasteiger charge is 2.35. The highest BCUT2D eigenvalue weighted by Crippen LogP contribution is 2.60. The highest BCUT2D eigenvalue weighted by atomic mass is 127. The third kappa shape index (κ3) is 4.29. The largest absolute Gasteiger partial charge is 0.318 e. The molecular weight excluding hydrogens is 400 g/mol. The van der Waals surface area contributed by atoms with Gasteiger partial charge in [-0.05, 0) is 49.5 Å². The predicted octanol–water partition coefficient (Wildman–Crippen LogP) is 6.63. The van der Waals surface area contributed by atoms with Crippen LogP contribution in [0.2, 0.25) is 0 Å². The fourth-order valence-electron chi connectivity index (χ4n) is 4.65. The molecule has 124 valence electrons. The van der Waals surface area contributed by atoms with Crippen LogP contribution in [-0.2, 0) is 0 Å². The van der Waals surface area contributed by atoms with Crippen LogP contribution in [0.25, 0.3) is 0 Å². The molecule has 3 aliphatic rings. The van der Waals surface area contributed by atoms with Crippen molar-refractivity contribution in [3.05, 3.63) is 23.9 Å². The first-order valence-corrected chi connectivity index (χ1v) is 11.8. The number of rotatable bonds is 4. The molecule has 3 rings (SSSR count). The van der Waals surface area contributed by atoms with Gasteiger partial charge >= 0.3 is 0 Å². The minimum Gasteiger partial charge on any atom is -0.318 e. The zero-order valence-electron chi connectivity index (χ0n) is 14.0. The molecule has 1 atom stereocenters. The van der Waals surface area contributed by atoms with Crippen LogP contribution in [0.1, 0.15) is 70.6 Å². The lowest BCUT2D eigenvalue weighted by Crippen LogP contribution is -2.26. The highest BCUT2D eigenvalue weighted by molar-refractivity contribution is 14.1. The Kier molecular flexibility index (Phi) is 6.68. The second kappa shape index (κ2) is 8.51. The Morgan fingerprint density at radius 2 is 1.50 bits per heavy atom. The molecule has 0 aromatic carbocycles. The standard InChI is InChI=1S/C19H31INP/c1-21(20)16-12-14-19(15-13-16)22(17-8-4-2-5-9-17)18-10-6-3-7-11-18/h12-14,17-19H,2-11,15H2,1H3. The molecule has 0 N–H and O–H groups in total. The van der Waals surface area contributed by atoms with Gasteiger partial charge in [0.25, 0.3) is 0 Å². The zero-order valence-corrected chi connectivity index (χ0v) is 17.1. The maximum atomic E-state index is 2.60. The van der Waals surface area contributed by atoms with E-state index in [0.29, 0.717) is 0 Å². The number of halogens is 1. The van der Waals surface area contributed by atoms with Gasteiger partial charge in [-0.25, -0.2) is 0 Å². The van der Waals surface area contributed by atoms with E-state index in [1.165, 1.54) is 76.3 Å². The van der Waals surface area contributed by atoms with Crippen molar-refractivity contribution in [2.45, 2.75) is 87.6 Å². The molecule has 0 amide bonds. The maximum Gasteiger partial charge on any atom is 0.0588 e. The van der Waals surface area contributed by atoms with Crippen LogP contribution in [0.5, 0.6) is 0 Å². The van der Waals surface area contributed by atoms with Gasteiger partial charge in [-0.2, -0.15) is 0 Å². The minimum atomic E-state index is 0.194. The molecular formula is C19H31INP. The van der Waals surface area contributed by atoms with Crippen molar-refractivity contribution in [1.29, 1.82) is 0 Å². The van der Waals surface area contributed by atoms with Gasteiger partial charge in [0.1, 0.15) is 0 Å². The van der Waals surface area contributed by atoms with Gasteiger partial charge in [0.05, 0.1) is 22.9 Å². The fourth-order valence-corrected chi connectivity index (χ4v) is 9.24. The number of hydrogen-bond acceptors (Lipinski definition) is 1. The van der Waals surface area contributed by atoms with Crippen LogP contribution >= 0.6 is 30.8 Å². The lowest BCUT2D eigenvalue weighted by atomic mass is 9.99. The number of nitrogens with zero attached hydrogens (tertiary/aromatic N) is 1. The minimum absolute atomic E-state index is 0.194. The second-order valence-electron chi connectivity index (χ2n) is 7.30. The summed E-state index contributed by atoms with van der Waals surface area (Å²) in [5.74, 6) is 0. The van der Waals surface area contributed by atoms with Gasteiger partial charge < -0.3 is 3.11 Å². The Morgan fingerprint density at radius 3 is 1.91 bits per heavy atom. The first kappa shape index (κ1) is 17.3. The third-order valence-electron chi connectivity index (χ3n) is 5.79. The van der Waals surface area contributed by atoms with Gasteiger partial charge in [-0.15, -0.1) is 0 Å². The lowest BCUT2D eigenvalue weighted by Gasteiger charge is -2.42. The fraction of sp³-hybridized carbons (Fsp3) is 0.789. The van der Waals surface area contributed by atoms with Crippen molar-refractivity contribution in [1.82, 2.24) is 3.11 Å². The molecule has 0 heterocycles. The van der Waals surface area contributed by atoms with E-state index in [2.05, 4.69) is 51.3 Å². The molecule has 0 aliphatic heterocycles. The summed E-state index contributed by atoms with van der Waals surface area (Å²) < 4.78 is 2.23. The van der Waals surface area contributed by atoms with Crippen molar-refractivity contribution in [3.8, 4) is 0 Å². The van der Waals surface area contributed by atoms with E-state index in [-0.39, 0.29) is 7.92 Å². The topological polar surface area (TPSA) is 3.24 Å². The summed E-state index contributed by atoms with van der Waals surface area (Å²) in [7, 11) is 2.35. The molecule has 2 fully saturated rings. The van der Waals surface area contributed by atoms with Crippen LogP contribution in [0.15, 0.2) is 23.9 Å². The predicted molar refractivity (Wildman–Crippen MR) is 108 cm³/mol. The first-order chi connectivity index (χ1) is 10.8. The van der Waals surface area contributed by atoms with E-state index in [9.17, 15) is 0 Å². The molecule has 2 saturated carbocycles. The van der Waals surface area contributed by atoms with E-state index >= 15 is 0 Å². The average molecular weight is 431 g/mol. The Labute approximate surface area is 152 Å². The molecule has 3 aliphatic carbocycles. The number of hydrogen-bond donors (Lipinski definition) is 0. The van der Waals surface area contributed by atoms with Crippen molar-refractivity contribution >= 4 is 30.8 Å².